The molecule has 1 aliphatic rings. The number of carbonyl (C=O) groups excluding carboxylic acids is 1. The third-order valence-electron chi connectivity index (χ3n) is 2.69. The first-order valence-electron chi connectivity index (χ1n) is 5.03. The van der Waals surface area contributed by atoms with E-state index in [2.05, 4.69) is 19.2 Å². The van der Waals surface area contributed by atoms with Crippen LogP contribution in [0, 0.1) is 17.8 Å². The Hall–Kier alpha value is -0.570. The van der Waals surface area contributed by atoms with Crippen molar-refractivity contribution >= 4 is 5.91 Å². The van der Waals surface area contributed by atoms with Crippen LogP contribution in [0.25, 0.3) is 0 Å². The second-order valence-electron chi connectivity index (χ2n) is 4.26. The van der Waals surface area contributed by atoms with Crippen LogP contribution in [0.1, 0.15) is 26.7 Å². The van der Waals surface area contributed by atoms with Gasteiger partial charge in [-0.15, -0.1) is 0 Å². The molecule has 1 aliphatic heterocycles. The van der Waals surface area contributed by atoms with E-state index in [1.807, 2.05) is 0 Å². The smallest absolute Gasteiger partial charge is 0.225 e. The average molecular weight is 185 g/mol. The third-order valence-corrected chi connectivity index (χ3v) is 2.69. The van der Waals surface area contributed by atoms with Crippen LogP contribution in [-0.4, -0.2) is 24.2 Å². The standard InChI is InChI=1S/C10H19NO2/c1-7(2)5-8-3-4-11-10(13)9(8)6-12/h7-9,12H,3-6H2,1-2H3,(H,11,13). The molecule has 0 aromatic carbocycles. The highest BCUT2D eigenvalue weighted by atomic mass is 16.3. The largest absolute Gasteiger partial charge is 0.396 e. The molecule has 3 nitrogen and oxygen atoms in total. The van der Waals surface area contributed by atoms with Crippen molar-refractivity contribution in [1.29, 1.82) is 0 Å². The lowest BCUT2D eigenvalue weighted by Gasteiger charge is -2.30. The molecule has 0 saturated carbocycles. The molecule has 1 rings (SSSR count). The van der Waals surface area contributed by atoms with Crippen LogP contribution >= 0.6 is 0 Å². The van der Waals surface area contributed by atoms with Gasteiger partial charge in [-0.2, -0.15) is 0 Å². The molecule has 0 aromatic heterocycles. The summed E-state index contributed by atoms with van der Waals surface area (Å²) in [5.74, 6) is 0.833. The summed E-state index contributed by atoms with van der Waals surface area (Å²) >= 11 is 0. The highest BCUT2D eigenvalue weighted by molar-refractivity contribution is 5.79. The molecule has 1 heterocycles. The molecular formula is C10H19NO2. The summed E-state index contributed by atoms with van der Waals surface area (Å²) in [5, 5.41) is 11.9. The van der Waals surface area contributed by atoms with E-state index in [1.54, 1.807) is 0 Å². The lowest BCUT2D eigenvalue weighted by atomic mass is 9.81. The summed E-state index contributed by atoms with van der Waals surface area (Å²) in [6.07, 6.45) is 2.05. The van der Waals surface area contributed by atoms with E-state index in [0.717, 1.165) is 19.4 Å². The predicted molar refractivity (Wildman–Crippen MR) is 51.1 cm³/mol. The molecule has 0 radical (unpaired) electrons. The Kier molecular flexibility index (Phi) is 3.72. The number of piperidine rings is 1. The molecule has 1 amide bonds. The van der Waals surface area contributed by atoms with Crippen LogP contribution in [0.4, 0.5) is 0 Å². The number of hydrogen-bond donors (Lipinski definition) is 2. The minimum atomic E-state index is -0.170. The zero-order chi connectivity index (χ0) is 9.84. The highest BCUT2D eigenvalue weighted by Gasteiger charge is 2.31. The number of amides is 1. The van der Waals surface area contributed by atoms with Crippen molar-refractivity contribution in [3.05, 3.63) is 0 Å². The fourth-order valence-corrected chi connectivity index (χ4v) is 2.05. The second-order valence-corrected chi connectivity index (χ2v) is 4.26. The molecule has 2 unspecified atom stereocenters. The van der Waals surface area contributed by atoms with Crippen molar-refractivity contribution < 1.29 is 9.90 Å². The molecule has 1 saturated heterocycles. The lowest BCUT2D eigenvalue weighted by molar-refractivity contribution is -0.130. The Balaban J connectivity index is 2.54. The molecule has 2 N–H and O–H groups in total. The third kappa shape index (κ3) is 2.69. The molecule has 3 heteroatoms. The first kappa shape index (κ1) is 10.5. The quantitative estimate of drug-likeness (QED) is 0.682. The van der Waals surface area contributed by atoms with Crippen LogP contribution in [0.3, 0.4) is 0 Å². The van der Waals surface area contributed by atoms with Gasteiger partial charge in [-0.05, 0) is 24.7 Å². The molecule has 1 fully saturated rings. The monoisotopic (exact) mass is 185 g/mol. The van der Waals surface area contributed by atoms with Gasteiger partial charge in [0.05, 0.1) is 12.5 Å². The summed E-state index contributed by atoms with van der Waals surface area (Å²) in [4.78, 5) is 11.3. The molecule has 0 bridgehead atoms. The maximum atomic E-state index is 11.3. The maximum absolute atomic E-state index is 11.3. The van der Waals surface area contributed by atoms with Gasteiger partial charge in [-0.1, -0.05) is 13.8 Å². The Labute approximate surface area is 79.5 Å². The van der Waals surface area contributed by atoms with Gasteiger partial charge in [0, 0.05) is 6.54 Å². The van der Waals surface area contributed by atoms with E-state index in [1.165, 1.54) is 0 Å². The topological polar surface area (TPSA) is 49.3 Å². The molecule has 0 aliphatic carbocycles. The van der Waals surface area contributed by atoms with Crippen molar-refractivity contribution in [1.82, 2.24) is 5.32 Å². The molecule has 13 heavy (non-hydrogen) atoms. The number of aliphatic hydroxyl groups excluding tert-OH is 1. The van der Waals surface area contributed by atoms with Crippen molar-refractivity contribution in [2.45, 2.75) is 26.7 Å². The minimum Gasteiger partial charge on any atom is -0.396 e. The van der Waals surface area contributed by atoms with Gasteiger partial charge < -0.3 is 10.4 Å². The van der Waals surface area contributed by atoms with Gasteiger partial charge in [0.25, 0.3) is 0 Å². The van der Waals surface area contributed by atoms with Crippen molar-refractivity contribution in [3.8, 4) is 0 Å². The van der Waals surface area contributed by atoms with Gasteiger partial charge >= 0.3 is 0 Å². The van der Waals surface area contributed by atoms with E-state index in [9.17, 15) is 4.79 Å². The number of rotatable bonds is 3. The normalized spacial score (nSPS) is 29.1. The molecular weight excluding hydrogens is 166 g/mol. The molecule has 2 atom stereocenters. The first-order valence-corrected chi connectivity index (χ1v) is 5.03. The number of carbonyl (C=O) groups is 1. The van der Waals surface area contributed by atoms with Gasteiger partial charge in [0.15, 0.2) is 0 Å². The SMILES string of the molecule is CC(C)CC1CCNC(=O)C1CO. The van der Waals surface area contributed by atoms with E-state index >= 15 is 0 Å². The minimum absolute atomic E-state index is 0.0107. The molecule has 76 valence electrons. The summed E-state index contributed by atoms with van der Waals surface area (Å²) < 4.78 is 0. The summed E-state index contributed by atoms with van der Waals surface area (Å²) in [6, 6.07) is 0. The number of hydrogen-bond acceptors (Lipinski definition) is 2. The number of aliphatic hydroxyl groups is 1. The predicted octanol–water partition coefficient (Wildman–Crippen LogP) is 0.777. The lowest BCUT2D eigenvalue weighted by Crippen LogP contribution is -2.44. The van der Waals surface area contributed by atoms with E-state index in [4.69, 9.17) is 5.11 Å². The van der Waals surface area contributed by atoms with Crippen molar-refractivity contribution in [3.63, 3.8) is 0 Å². The summed E-state index contributed by atoms with van der Waals surface area (Å²) in [6.45, 7) is 5.07. The van der Waals surface area contributed by atoms with Gasteiger partial charge in [-0.3, -0.25) is 4.79 Å². The summed E-state index contributed by atoms with van der Waals surface area (Å²) in [7, 11) is 0. The Morgan fingerprint density at radius 3 is 2.85 bits per heavy atom. The van der Waals surface area contributed by atoms with Gasteiger partial charge in [0.1, 0.15) is 0 Å². The van der Waals surface area contributed by atoms with Crippen molar-refractivity contribution in [2.24, 2.45) is 17.8 Å². The van der Waals surface area contributed by atoms with Crippen molar-refractivity contribution in [2.75, 3.05) is 13.2 Å². The van der Waals surface area contributed by atoms with E-state index < -0.39 is 0 Å². The van der Waals surface area contributed by atoms with Crippen LogP contribution < -0.4 is 5.32 Å². The molecule has 0 aromatic rings. The zero-order valence-corrected chi connectivity index (χ0v) is 8.42. The highest BCUT2D eigenvalue weighted by Crippen LogP contribution is 2.26. The number of nitrogens with one attached hydrogen (secondary N) is 1. The van der Waals surface area contributed by atoms with Crippen LogP contribution in [-0.2, 0) is 4.79 Å². The average Bonchev–Trinajstić information content (AvgIpc) is 2.03. The van der Waals surface area contributed by atoms with E-state index in [0.29, 0.717) is 11.8 Å². The van der Waals surface area contributed by atoms with Gasteiger partial charge in [0.2, 0.25) is 5.91 Å². The Bertz CT molecular complexity index is 180. The Morgan fingerprint density at radius 1 is 1.62 bits per heavy atom. The van der Waals surface area contributed by atoms with Gasteiger partial charge in [-0.25, -0.2) is 0 Å². The molecule has 0 spiro atoms. The maximum Gasteiger partial charge on any atom is 0.225 e. The fraction of sp³-hybridized carbons (Fsp3) is 0.900. The van der Waals surface area contributed by atoms with Crippen LogP contribution in [0.2, 0.25) is 0 Å². The first-order chi connectivity index (χ1) is 6.15. The van der Waals surface area contributed by atoms with E-state index in [-0.39, 0.29) is 18.4 Å². The fourth-order valence-electron chi connectivity index (χ4n) is 2.05. The Morgan fingerprint density at radius 2 is 2.31 bits per heavy atom. The second kappa shape index (κ2) is 4.61. The van der Waals surface area contributed by atoms with Crippen LogP contribution in [0.5, 0.6) is 0 Å². The summed E-state index contributed by atoms with van der Waals surface area (Å²) in [5.41, 5.74) is 0. The zero-order valence-electron chi connectivity index (χ0n) is 8.42. The van der Waals surface area contributed by atoms with Crippen LogP contribution in [0.15, 0.2) is 0 Å².